The summed E-state index contributed by atoms with van der Waals surface area (Å²) in [6.45, 7) is 2.03. The molecule has 0 radical (unpaired) electrons. The maximum atomic E-state index is 5.50. The van der Waals surface area contributed by atoms with Gasteiger partial charge < -0.3 is 0 Å². The molecule has 0 unspecified atom stereocenters. The third kappa shape index (κ3) is 1.64. The first kappa shape index (κ1) is 6.49. The van der Waals surface area contributed by atoms with Gasteiger partial charge >= 0.3 is 0 Å². The van der Waals surface area contributed by atoms with Crippen molar-refractivity contribution in [1.82, 2.24) is 10.2 Å². The van der Waals surface area contributed by atoms with E-state index in [1.54, 1.807) is 6.07 Å². The normalized spacial score (nSPS) is 9.56. The second-order valence-corrected chi connectivity index (χ2v) is 2.09. The number of aromatic nitrogens is 2. The maximum absolute atomic E-state index is 5.50. The van der Waals surface area contributed by atoms with E-state index in [0.29, 0.717) is 5.15 Å². The van der Waals surface area contributed by atoms with Gasteiger partial charge in [-0.2, -0.15) is 5.10 Å². The predicted octanol–water partition coefficient (Wildman–Crippen LogP) is 1.69. The van der Waals surface area contributed by atoms with Crippen molar-refractivity contribution >= 4 is 11.6 Å². The lowest BCUT2D eigenvalue weighted by Gasteiger charge is -1.90. The third-order valence-electron chi connectivity index (χ3n) is 1.05. The van der Waals surface area contributed by atoms with Crippen molar-refractivity contribution in [2.45, 2.75) is 13.3 Å². The van der Waals surface area contributed by atoms with Crippen LogP contribution in [0.1, 0.15) is 12.6 Å². The number of rotatable bonds is 1. The Kier molecular flexibility index (Phi) is 2.01. The van der Waals surface area contributed by atoms with E-state index in [-0.39, 0.29) is 0 Å². The van der Waals surface area contributed by atoms with Gasteiger partial charge in [-0.25, -0.2) is 0 Å². The molecular formula is C6H7ClN2. The Morgan fingerprint density at radius 3 is 2.67 bits per heavy atom. The Labute approximate surface area is 58.9 Å². The molecule has 0 aliphatic carbocycles. The maximum Gasteiger partial charge on any atom is 0.151 e. The van der Waals surface area contributed by atoms with Gasteiger partial charge in [0.1, 0.15) is 0 Å². The Balaban J connectivity index is 2.88. The lowest BCUT2D eigenvalue weighted by Crippen LogP contribution is -1.88. The van der Waals surface area contributed by atoms with E-state index in [9.17, 15) is 0 Å². The molecule has 1 aromatic rings. The molecule has 1 rings (SSSR count). The van der Waals surface area contributed by atoms with Crippen molar-refractivity contribution < 1.29 is 0 Å². The minimum Gasteiger partial charge on any atom is -0.154 e. The minimum absolute atomic E-state index is 0.451. The van der Waals surface area contributed by atoms with Crippen LogP contribution in [0.5, 0.6) is 0 Å². The molecular weight excluding hydrogens is 136 g/mol. The molecule has 0 aliphatic rings. The highest BCUT2D eigenvalue weighted by Gasteiger charge is 1.89. The van der Waals surface area contributed by atoms with Crippen LogP contribution in [0.4, 0.5) is 0 Å². The first-order valence-corrected chi connectivity index (χ1v) is 3.19. The highest BCUT2D eigenvalue weighted by atomic mass is 35.5. The fourth-order valence-electron chi connectivity index (χ4n) is 0.532. The Morgan fingerprint density at radius 1 is 1.44 bits per heavy atom. The van der Waals surface area contributed by atoms with Crippen LogP contribution >= 0.6 is 11.6 Å². The van der Waals surface area contributed by atoms with Crippen molar-refractivity contribution in [2.75, 3.05) is 0 Å². The van der Waals surface area contributed by atoms with Crippen LogP contribution in [0.2, 0.25) is 5.15 Å². The van der Waals surface area contributed by atoms with Gasteiger partial charge in [-0.3, -0.25) is 0 Å². The van der Waals surface area contributed by atoms with Gasteiger partial charge in [0.15, 0.2) is 5.15 Å². The van der Waals surface area contributed by atoms with Crippen LogP contribution in [0, 0.1) is 0 Å². The molecule has 0 N–H and O–H groups in total. The molecule has 1 aromatic heterocycles. The smallest absolute Gasteiger partial charge is 0.151 e. The average Bonchev–Trinajstić information content (AvgIpc) is 1.90. The molecule has 0 saturated heterocycles. The van der Waals surface area contributed by atoms with Gasteiger partial charge in [-0.15, -0.1) is 5.10 Å². The van der Waals surface area contributed by atoms with Crippen molar-refractivity contribution in [3.05, 3.63) is 23.0 Å². The van der Waals surface area contributed by atoms with Crippen molar-refractivity contribution in [3.8, 4) is 0 Å². The van der Waals surface area contributed by atoms with Crippen LogP contribution in [-0.2, 0) is 6.42 Å². The molecule has 0 aliphatic heterocycles. The van der Waals surface area contributed by atoms with Crippen LogP contribution < -0.4 is 0 Å². The number of halogens is 1. The van der Waals surface area contributed by atoms with Gasteiger partial charge in [0.25, 0.3) is 0 Å². The van der Waals surface area contributed by atoms with Gasteiger partial charge in [-0.05, 0) is 18.6 Å². The van der Waals surface area contributed by atoms with E-state index in [0.717, 1.165) is 12.1 Å². The van der Waals surface area contributed by atoms with Gasteiger partial charge in [0.05, 0.1) is 5.69 Å². The summed E-state index contributed by atoms with van der Waals surface area (Å²) in [6.07, 6.45) is 0.907. The number of hydrogen-bond acceptors (Lipinski definition) is 2. The first-order valence-electron chi connectivity index (χ1n) is 2.81. The van der Waals surface area contributed by atoms with Crippen molar-refractivity contribution in [3.63, 3.8) is 0 Å². The zero-order valence-corrected chi connectivity index (χ0v) is 5.89. The first-order chi connectivity index (χ1) is 4.33. The van der Waals surface area contributed by atoms with Gasteiger partial charge in [0, 0.05) is 0 Å². The molecule has 0 aromatic carbocycles. The van der Waals surface area contributed by atoms with Crippen molar-refractivity contribution in [1.29, 1.82) is 0 Å². The number of hydrogen-bond donors (Lipinski definition) is 0. The topological polar surface area (TPSA) is 25.8 Å². The average molecular weight is 143 g/mol. The van der Waals surface area contributed by atoms with E-state index in [2.05, 4.69) is 10.2 Å². The Morgan fingerprint density at radius 2 is 2.22 bits per heavy atom. The number of nitrogens with zero attached hydrogens (tertiary/aromatic N) is 2. The zero-order chi connectivity index (χ0) is 6.69. The lowest BCUT2D eigenvalue weighted by molar-refractivity contribution is 0.919. The molecule has 0 saturated carbocycles. The summed E-state index contributed by atoms with van der Waals surface area (Å²) in [6, 6.07) is 3.61. The highest BCUT2D eigenvalue weighted by Crippen LogP contribution is 2.01. The lowest BCUT2D eigenvalue weighted by atomic mass is 10.3. The van der Waals surface area contributed by atoms with Gasteiger partial charge in [0.2, 0.25) is 0 Å². The molecule has 0 spiro atoms. The van der Waals surface area contributed by atoms with Crippen molar-refractivity contribution in [2.24, 2.45) is 0 Å². The molecule has 9 heavy (non-hydrogen) atoms. The minimum atomic E-state index is 0.451. The van der Waals surface area contributed by atoms with Crippen LogP contribution in [0.15, 0.2) is 12.1 Å². The second kappa shape index (κ2) is 2.78. The molecule has 0 atom stereocenters. The largest absolute Gasteiger partial charge is 0.154 e. The summed E-state index contributed by atoms with van der Waals surface area (Å²) in [5.74, 6) is 0. The fraction of sp³-hybridized carbons (Fsp3) is 0.333. The summed E-state index contributed by atoms with van der Waals surface area (Å²) >= 11 is 5.50. The predicted molar refractivity (Wildman–Crippen MR) is 36.4 cm³/mol. The van der Waals surface area contributed by atoms with E-state index < -0.39 is 0 Å². The second-order valence-electron chi connectivity index (χ2n) is 1.70. The quantitative estimate of drug-likeness (QED) is 0.597. The SMILES string of the molecule is CCc1ccc(Cl)nn1. The molecule has 48 valence electrons. The molecule has 3 heteroatoms. The Bertz CT molecular complexity index is 183. The molecule has 0 fully saturated rings. The summed E-state index contributed by atoms with van der Waals surface area (Å²) in [5, 5.41) is 7.93. The van der Waals surface area contributed by atoms with E-state index in [4.69, 9.17) is 11.6 Å². The van der Waals surface area contributed by atoms with Crippen LogP contribution in [-0.4, -0.2) is 10.2 Å². The fourth-order valence-corrected chi connectivity index (χ4v) is 0.633. The van der Waals surface area contributed by atoms with E-state index in [1.165, 1.54) is 0 Å². The number of aryl methyl sites for hydroxylation is 1. The van der Waals surface area contributed by atoms with E-state index >= 15 is 0 Å². The summed E-state index contributed by atoms with van der Waals surface area (Å²) < 4.78 is 0. The van der Waals surface area contributed by atoms with E-state index in [1.807, 2.05) is 13.0 Å². The molecule has 1 heterocycles. The van der Waals surface area contributed by atoms with Gasteiger partial charge in [-0.1, -0.05) is 18.5 Å². The molecule has 0 amide bonds. The molecule has 0 bridgehead atoms. The van der Waals surface area contributed by atoms with Crippen LogP contribution in [0.25, 0.3) is 0 Å². The summed E-state index contributed by atoms with van der Waals surface area (Å²) in [4.78, 5) is 0. The van der Waals surface area contributed by atoms with Crippen LogP contribution in [0.3, 0.4) is 0 Å². The highest BCUT2D eigenvalue weighted by molar-refractivity contribution is 6.29. The zero-order valence-electron chi connectivity index (χ0n) is 5.13. The molecule has 2 nitrogen and oxygen atoms in total. The summed E-state index contributed by atoms with van der Waals surface area (Å²) in [7, 11) is 0. The summed E-state index contributed by atoms with van der Waals surface area (Å²) in [5.41, 5.74) is 0.972. The monoisotopic (exact) mass is 142 g/mol. The Hall–Kier alpha value is -0.630. The standard InChI is InChI=1S/C6H7ClN2/c1-2-5-3-4-6(7)9-8-5/h3-4H,2H2,1H3. The third-order valence-corrected chi connectivity index (χ3v) is 1.25.